The molecule has 5 rings (SSSR count). The monoisotopic (exact) mass is 382 g/mol. The van der Waals surface area contributed by atoms with Gasteiger partial charge in [0, 0.05) is 69.2 Å². The van der Waals surface area contributed by atoms with E-state index in [1.807, 2.05) is 24.9 Å². The van der Waals surface area contributed by atoms with E-state index >= 15 is 0 Å². The van der Waals surface area contributed by atoms with Gasteiger partial charge >= 0.3 is 0 Å². The molecule has 0 aliphatic carbocycles. The highest BCUT2D eigenvalue weighted by atomic mass is 16.5. The molecule has 3 fully saturated rings. The Hall–Kier alpha value is -2.32. The largest absolute Gasteiger partial charge is 0.370 e. The van der Waals surface area contributed by atoms with Gasteiger partial charge in [-0.15, -0.1) is 0 Å². The minimum absolute atomic E-state index is 0.0325. The zero-order valence-electron chi connectivity index (χ0n) is 16.3. The summed E-state index contributed by atoms with van der Waals surface area (Å²) in [5.41, 5.74) is 1.71. The molecular weight excluding hydrogens is 356 g/mol. The molecule has 3 aliphatic rings. The quantitative estimate of drug-likeness (QED) is 0.828. The Balaban J connectivity index is 1.24. The summed E-state index contributed by atoms with van der Waals surface area (Å²) in [7, 11) is 1.95. The Labute approximate surface area is 164 Å². The van der Waals surface area contributed by atoms with Crippen LogP contribution >= 0.6 is 0 Å². The predicted molar refractivity (Wildman–Crippen MR) is 101 cm³/mol. The summed E-state index contributed by atoms with van der Waals surface area (Å²) < 4.78 is 8.33. The number of aromatic nitrogens is 4. The maximum atomic E-state index is 12.5. The van der Waals surface area contributed by atoms with Crippen LogP contribution in [0.2, 0.25) is 0 Å². The van der Waals surface area contributed by atoms with E-state index in [1.165, 1.54) is 5.56 Å². The predicted octanol–water partition coefficient (Wildman–Crippen LogP) is 0.928. The lowest BCUT2D eigenvalue weighted by Gasteiger charge is -2.29. The molecule has 1 spiro atoms. The van der Waals surface area contributed by atoms with Crippen LogP contribution in [0.5, 0.6) is 0 Å². The van der Waals surface area contributed by atoms with Crippen LogP contribution in [0.1, 0.15) is 34.6 Å². The molecule has 5 heterocycles. The second kappa shape index (κ2) is 6.63. The van der Waals surface area contributed by atoms with Gasteiger partial charge in [-0.1, -0.05) is 0 Å². The first-order chi connectivity index (χ1) is 13.5. The number of hydrogen-bond acceptors (Lipinski definition) is 6. The highest BCUT2D eigenvalue weighted by Gasteiger charge is 2.62. The SMILES string of the molecule is Cc1ncc(C(=O)NC[C@H]2[C@H]3CN(Cc4cnn(C)c4)C[C@]34CC[C@H]2O4)cn1. The topological polar surface area (TPSA) is 85.2 Å². The van der Waals surface area contributed by atoms with Crippen molar-refractivity contribution in [2.45, 2.75) is 38.0 Å². The van der Waals surface area contributed by atoms with Crippen molar-refractivity contribution >= 4 is 5.91 Å². The summed E-state index contributed by atoms with van der Waals surface area (Å²) in [5, 5.41) is 7.37. The number of aryl methyl sites for hydroxylation is 2. The van der Waals surface area contributed by atoms with Crippen LogP contribution in [-0.4, -0.2) is 61.9 Å². The molecule has 148 valence electrons. The van der Waals surface area contributed by atoms with Crippen molar-refractivity contribution in [3.63, 3.8) is 0 Å². The number of fused-ring (bicyclic) bond motifs is 1. The Kier molecular flexibility index (Phi) is 4.21. The van der Waals surface area contributed by atoms with Gasteiger partial charge in [0.05, 0.1) is 23.5 Å². The normalized spacial score (nSPS) is 31.3. The van der Waals surface area contributed by atoms with Crippen molar-refractivity contribution < 1.29 is 9.53 Å². The number of nitrogens with zero attached hydrogens (tertiary/aromatic N) is 5. The fraction of sp³-hybridized carbons (Fsp3) is 0.600. The third-order valence-corrected chi connectivity index (χ3v) is 6.56. The smallest absolute Gasteiger partial charge is 0.254 e. The Bertz CT molecular complexity index is 881. The van der Waals surface area contributed by atoms with Crippen LogP contribution in [0.3, 0.4) is 0 Å². The summed E-state index contributed by atoms with van der Waals surface area (Å²) >= 11 is 0. The van der Waals surface area contributed by atoms with Gasteiger partial charge in [-0.25, -0.2) is 9.97 Å². The summed E-state index contributed by atoms with van der Waals surface area (Å²) in [4.78, 5) is 23.2. The Morgan fingerprint density at radius 3 is 2.93 bits per heavy atom. The van der Waals surface area contributed by atoms with Crippen LogP contribution in [-0.2, 0) is 18.3 Å². The highest BCUT2D eigenvalue weighted by molar-refractivity contribution is 5.93. The molecule has 0 unspecified atom stereocenters. The number of likely N-dealkylation sites (tertiary alicyclic amines) is 1. The second-order valence-electron chi connectivity index (χ2n) is 8.45. The van der Waals surface area contributed by atoms with Crippen LogP contribution in [0, 0.1) is 18.8 Å². The average Bonchev–Trinajstić information content (AvgIpc) is 3.41. The third kappa shape index (κ3) is 3.00. The van der Waals surface area contributed by atoms with Crippen molar-refractivity contribution in [1.82, 2.24) is 30.0 Å². The summed E-state index contributed by atoms with van der Waals surface area (Å²) in [6.07, 6.45) is 9.66. The molecule has 1 amide bonds. The van der Waals surface area contributed by atoms with Crippen LogP contribution < -0.4 is 5.32 Å². The first-order valence-corrected chi connectivity index (χ1v) is 9.97. The lowest BCUT2D eigenvalue weighted by molar-refractivity contribution is 0.00212. The van der Waals surface area contributed by atoms with Crippen LogP contribution in [0.25, 0.3) is 0 Å². The maximum Gasteiger partial charge on any atom is 0.254 e. The van der Waals surface area contributed by atoms with E-state index in [0.717, 1.165) is 32.5 Å². The van der Waals surface area contributed by atoms with Gasteiger partial charge in [-0.3, -0.25) is 14.4 Å². The van der Waals surface area contributed by atoms with E-state index < -0.39 is 0 Å². The molecule has 28 heavy (non-hydrogen) atoms. The van der Waals surface area contributed by atoms with E-state index in [2.05, 4.69) is 31.5 Å². The molecule has 0 aromatic carbocycles. The molecule has 3 aliphatic heterocycles. The van der Waals surface area contributed by atoms with Crippen molar-refractivity contribution in [2.24, 2.45) is 18.9 Å². The summed E-state index contributed by atoms with van der Waals surface area (Å²) in [5.74, 6) is 1.39. The van der Waals surface area contributed by atoms with Crippen LogP contribution in [0.15, 0.2) is 24.8 Å². The van der Waals surface area contributed by atoms with Gasteiger partial charge in [-0.2, -0.15) is 5.10 Å². The zero-order chi connectivity index (χ0) is 19.3. The Morgan fingerprint density at radius 1 is 1.36 bits per heavy atom. The van der Waals surface area contributed by atoms with E-state index in [9.17, 15) is 4.79 Å². The molecule has 4 atom stereocenters. The second-order valence-corrected chi connectivity index (χ2v) is 8.45. The first kappa shape index (κ1) is 17.8. The standard InChI is InChI=1S/C20H26N6O2/c1-13-21-6-15(7-22-13)19(27)23-8-16-17-11-26(10-14-5-24-25(2)9-14)12-20(17)4-3-18(16)28-20/h5-7,9,16-18H,3-4,8,10-12H2,1-2H3,(H,23,27)/t16-,17+,18+,20+/m0/s1. The average molecular weight is 382 g/mol. The first-order valence-electron chi connectivity index (χ1n) is 9.97. The number of rotatable bonds is 5. The van der Waals surface area contributed by atoms with E-state index in [-0.39, 0.29) is 17.6 Å². The molecule has 0 saturated carbocycles. The van der Waals surface area contributed by atoms with Crippen molar-refractivity contribution in [3.8, 4) is 0 Å². The fourth-order valence-corrected chi connectivity index (χ4v) is 5.31. The number of carbonyl (C=O) groups is 1. The van der Waals surface area contributed by atoms with Gasteiger partial charge < -0.3 is 10.1 Å². The van der Waals surface area contributed by atoms with Crippen molar-refractivity contribution in [3.05, 3.63) is 41.7 Å². The number of ether oxygens (including phenoxy) is 1. The molecule has 8 nitrogen and oxygen atoms in total. The van der Waals surface area contributed by atoms with Gasteiger partial charge in [0.15, 0.2) is 0 Å². The lowest BCUT2D eigenvalue weighted by Crippen LogP contribution is -2.41. The van der Waals surface area contributed by atoms with Gasteiger partial charge in [0.1, 0.15) is 5.82 Å². The van der Waals surface area contributed by atoms with E-state index in [1.54, 1.807) is 12.4 Å². The summed E-state index contributed by atoms with van der Waals surface area (Å²) in [6.45, 7) is 5.34. The molecule has 2 aromatic heterocycles. The molecule has 2 bridgehead atoms. The van der Waals surface area contributed by atoms with Crippen molar-refractivity contribution in [2.75, 3.05) is 19.6 Å². The van der Waals surface area contributed by atoms with Gasteiger partial charge in [0.25, 0.3) is 5.91 Å². The molecule has 3 saturated heterocycles. The molecule has 1 N–H and O–H groups in total. The number of nitrogens with one attached hydrogen (secondary N) is 1. The fourth-order valence-electron chi connectivity index (χ4n) is 5.31. The van der Waals surface area contributed by atoms with E-state index in [0.29, 0.717) is 29.8 Å². The van der Waals surface area contributed by atoms with Gasteiger partial charge in [-0.05, 0) is 19.8 Å². The van der Waals surface area contributed by atoms with Crippen molar-refractivity contribution in [1.29, 1.82) is 0 Å². The minimum Gasteiger partial charge on any atom is -0.370 e. The number of hydrogen-bond donors (Lipinski definition) is 1. The molecule has 8 heteroatoms. The molecule has 2 aromatic rings. The third-order valence-electron chi connectivity index (χ3n) is 6.56. The minimum atomic E-state index is -0.109. The van der Waals surface area contributed by atoms with Crippen LogP contribution in [0.4, 0.5) is 0 Å². The highest BCUT2D eigenvalue weighted by Crippen LogP contribution is 2.54. The molecular formula is C20H26N6O2. The number of amides is 1. The maximum absolute atomic E-state index is 12.5. The molecule has 0 radical (unpaired) electrons. The van der Waals surface area contributed by atoms with Gasteiger partial charge in [0.2, 0.25) is 0 Å². The number of carbonyl (C=O) groups excluding carboxylic acids is 1. The Morgan fingerprint density at radius 2 is 2.18 bits per heavy atom. The lowest BCUT2D eigenvalue weighted by atomic mass is 9.73. The summed E-state index contributed by atoms with van der Waals surface area (Å²) in [6, 6.07) is 0. The zero-order valence-corrected chi connectivity index (χ0v) is 16.3. The van der Waals surface area contributed by atoms with E-state index in [4.69, 9.17) is 4.74 Å².